The van der Waals surface area contributed by atoms with Crippen LogP contribution in [0.15, 0.2) is 4.52 Å². The predicted octanol–water partition coefficient (Wildman–Crippen LogP) is -0.0204. The van der Waals surface area contributed by atoms with Crippen molar-refractivity contribution in [2.45, 2.75) is 26.3 Å². The van der Waals surface area contributed by atoms with Crippen molar-refractivity contribution in [2.75, 3.05) is 26.3 Å². The summed E-state index contributed by atoms with van der Waals surface area (Å²) >= 11 is 0. The van der Waals surface area contributed by atoms with Gasteiger partial charge in [0.1, 0.15) is 0 Å². The summed E-state index contributed by atoms with van der Waals surface area (Å²) in [5.74, 6) is 1.44. The Morgan fingerprint density at radius 1 is 1.25 bits per heavy atom. The number of rotatable bonds is 7. The molecule has 0 fully saturated rings. The van der Waals surface area contributed by atoms with Gasteiger partial charge in [0.2, 0.25) is 5.89 Å². The Hall–Kier alpha value is -0.980. The molecule has 0 spiro atoms. The summed E-state index contributed by atoms with van der Waals surface area (Å²) in [5.41, 5.74) is 0. The Balaban J connectivity index is 2.55. The lowest BCUT2D eigenvalue weighted by Crippen LogP contribution is -2.29. The molecule has 6 nitrogen and oxygen atoms in total. The maximum atomic E-state index is 8.84. The van der Waals surface area contributed by atoms with Crippen molar-refractivity contribution in [1.29, 1.82) is 0 Å². The second-order valence-corrected chi connectivity index (χ2v) is 3.92. The van der Waals surface area contributed by atoms with E-state index in [0.717, 1.165) is 0 Å². The molecule has 0 aliphatic carbocycles. The molecule has 1 aromatic rings. The van der Waals surface area contributed by atoms with Gasteiger partial charge >= 0.3 is 0 Å². The number of aliphatic hydroxyl groups excluding tert-OH is 2. The molecule has 1 heterocycles. The van der Waals surface area contributed by atoms with Gasteiger partial charge in [-0.25, -0.2) is 0 Å². The first-order chi connectivity index (χ1) is 7.67. The van der Waals surface area contributed by atoms with Crippen LogP contribution in [0, 0.1) is 0 Å². The Kier molecular flexibility index (Phi) is 5.37. The summed E-state index contributed by atoms with van der Waals surface area (Å²) in [6, 6.07) is 0. The first kappa shape index (κ1) is 13.1. The molecule has 0 saturated heterocycles. The first-order valence-electron chi connectivity index (χ1n) is 5.44. The Bertz CT molecular complexity index is 295. The fraction of sp³-hybridized carbons (Fsp3) is 0.800. The van der Waals surface area contributed by atoms with Gasteiger partial charge in [0.15, 0.2) is 5.82 Å². The zero-order chi connectivity index (χ0) is 12.0. The highest BCUT2D eigenvalue weighted by atomic mass is 16.5. The van der Waals surface area contributed by atoms with Crippen LogP contribution in [0.3, 0.4) is 0 Å². The van der Waals surface area contributed by atoms with Gasteiger partial charge in [-0.05, 0) is 0 Å². The zero-order valence-electron chi connectivity index (χ0n) is 9.76. The van der Waals surface area contributed by atoms with Crippen LogP contribution >= 0.6 is 0 Å². The van der Waals surface area contributed by atoms with Crippen molar-refractivity contribution >= 4 is 0 Å². The number of aliphatic hydroxyl groups is 2. The Labute approximate surface area is 94.9 Å². The molecule has 1 rings (SSSR count). The van der Waals surface area contributed by atoms with E-state index in [1.807, 2.05) is 18.7 Å². The summed E-state index contributed by atoms with van der Waals surface area (Å²) in [6.45, 7) is 5.51. The lowest BCUT2D eigenvalue weighted by molar-refractivity contribution is 0.143. The quantitative estimate of drug-likeness (QED) is 0.683. The molecule has 0 amide bonds. The SMILES string of the molecule is CC(C)c1noc(CN(CCO)CCO)n1. The lowest BCUT2D eigenvalue weighted by Gasteiger charge is -2.17. The van der Waals surface area contributed by atoms with Crippen LogP contribution < -0.4 is 0 Å². The van der Waals surface area contributed by atoms with Gasteiger partial charge < -0.3 is 14.7 Å². The third-order valence-electron chi connectivity index (χ3n) is 2.19. The van der Waals surface area contributed by atoms with E-state index in [1.165, 1.54) is 0 Å². The van der Waals surface area contributed by atoms with Gasteiger partial charge in [-0.2, -0.15) is 4.98 Å². The van der Waals surface area contributed by atoms with Crippen LogP contribution in [0.2, 0.25) is 0 Å². The molecule has 2 N–H and O–H groups in total. The van der Waals surface area contributed by atoms with E-state index >= 15 is 0 Å². The topological polar surface area (TPSA) is 82.6 Å². The molecular weight excluding hydrogens is 210 g/mol. The van der Waals surface area contributed by atoms with Crippen molar-refractivity contribution < 1.29 is 14.7 Å². The average Bonchev–Trinajstić information content (AvgIpc) is 2.67. The highest BCUT2D eigenvalue weighted by Crippen LogP contribution is 2.10. The van der Waals surface area contributed by atoms with Crippen LogP contribution in [0.4, 0.5) is 0 Å². The minimum absolute atomic E-state index is 0.0468. The number of nitrogens with zero attached hydrogens (tertiary/aromatic N) is 3. The summed E-state index contributed by atoms with van der Waals surface area (Å²) in [6.07, 6.45) is 0. The maximum absolute atomic E-state index is 8.84. The average molecular weight is 229 g/mol. The predicted molar refractivity (Wildman–Crippen MR) is 57.8 cm³/mol. The van der Waals surface area contributed by atoms with E-state index < -0.39 is 0 Å². The molecule has 0 bridgehead atoms. The second-order valence-electron chi connectivity index (χ2n) is 3.92. The van der Waals surface area contributed by atoms with Crippen molar-refractivity contribution in [3.8, 4) is 0 Å². The molecule has 0 saturated carbocycles. The van der Waals surface area contributed by atoms with Gasteiger partial charge in [0.25, 0.3) is 0 Å². The Morgan fingerprint density at radius 2 is 1.88 bits per heavy atom. The summed E-state index contributed by atoms with van der Waals surface area (Å²) in [7, 11) is 0. The number of hydrogen-bond donors (Lipinski definition) is 2. The molecule has 1 aromatic heterocycles. The third kappa shape index (κ3) is 3.88. The van der Waals surface area contributed by atoms with E-state index in [4.69, 9.17) is 14.7 Å². The van der Waals surface area contributed by atoms with Crippen LogP contribution in [0.25, 0.3) is 0 Å². The fourth-order valence-corrected chi connectivity index (χ4v) is 1.31. The second kappa shape index (κ2) is 6.57. The highest BCUT2D eigenvalue weighted by molar-refractivity contribution is 4.91. The van der Waals surface area contributed by atoms with Crippen molar-refractivity contribution in [3.63, 3.8) is 0 Å². The van der Waals surface area contributed by atoms with Crippen LogP contribution in [0.5, 0.6) is 0 Å². The largest absolute Gasteiger partial charge is 0.395 e. The summed E-state index contributed by atoms with van der Waals surface area (Å²) in [4.78, 5) is 6.09. The minimum atomic E-state index is 0.0468. The van der Waals surface area contributed by atoms with Crippen molar-refractivity contribution in [3.05, 3.63) is 11.7 Å². The number of hydrogen-bond acceptors (Lipinski definition) is 6. The summed E-state index contributed by atoms with van der Waals surface area (Å²) < 4.78 is 5.08. The van der Waals surface area contributed by atoms with Crippen LogP contribution in [0.1, 0.15) is 31.5 Å². The summed E-state index contributed by atoms with van der Waals surface area (Å²) in [5, 5.41) is 21.5. The molecule has 0 aromatic carbocycles. The standard InChI is InChI=1S/C10H19N3O3/c1-8(2)10-11-9(16-12-10)7-13(3-5-14)4-6-15/h8,14-15H,3-7H2,1-2H3. The van der Waals surface area contributed by atoms with Gasteiger partial charge in [-0.15, -0.1) is 0 Å². The van der Waals surface area contributed by atoms with Gasteiger partial charge in [0, 0.05) is 19.0 Å². The normalized spacial score (nSPS) is 11.6. The van der Waals surface area contributed by atoms with E-state index in [1.54, 1.807) is 0 Å². The van der Waals surface area contributed by atoms with Gasteiger partial charge in [-0.1, -0.05) is 19.0 Å². The molecule has 0 radical (unpaired) electrons. The molecule has 0 aliphatic rings. The van der Waals surface area contributed by atoms with Crippen molar-refractivity contribution in [1.82, 2.24) is 15.0 Å². The third-order valence-corrected chi connectivity index (χ3v) is 2.19. The van der Waals surface area contributed by atoms with E-state index in [2.05, 4.69) is 10.1 Å². The monoisotopic (exact) mass is 229 g/mol. The van der Waals surface area contributed by atoms with E-state index in [0.29, 0.717) is 31.3 Å². The molecule has 0 unspecified atom stereocenters. The number of aromatic nitrogens is 2. The molecule has 6 heteroatoms. The smallest absolute Gasteiger partial charge is 0.240 e. The van der Waals surface area contributed by atoms with E-state index in [9.17, 15) is 0 Å². The van der Waals surface area contributed by atoms with Gasteiger partial charge in [-0.3, -0.25) is 4.90 Å². The first-order valence-corrected chi connectivity index (χ1v) is 5.44. The van der Waals surface area contributed by atoms with Gasteiger partial charge in [0.05, 0.1) is 19.8 Å². The maximum Gasteiger partial charge on any atom is 0.240 e. The fourth-order valence-electron chi connectivity index (χ4n) is 1.31. The minimum Gasteiger partial charge on any atom is -0.395 e. The highest BCUT2D eigenvalue weighted by Gasteiger charge is 2.12. The van der Waals surface area contributed by atoms with Crippen LogP contribution in [-0.2, 0) is 6.54 Å². The van der Waals surface area contributed by atoms with Crippen LogP contribution in [-0.4, -0.2) is 51.6 Å². The molecule has 0 aliphatic heterocycles. The molecule has 16 heavy (non-hydrogen) atoms. The molecular formula is C10H19N3O3. The lowest BCUT2D eigenvalue weighted by atomic mass is 10.2. The Morgan fingerprint density at radius 3 is 2.31 bits per heavy atom. The van der Waals surface area contributed by atoms with E-state index in [-0.39, 0.29) is 19.1 Å². The zero-order valence-corrected chi connectivity index (χ0v) is 9.76. The molecule has 92 valence electrons. The molecule has 0 atom stereocenters. The van der Waals surface area contributed by atoms with Crippen molar-refractivity contribution in [2.24, 2.45) is 0 Å².